The van der Waals surface area contributed by atoms with Crippen molar-refractivity contribution < 1.29 is 9.59 Å². The largest absolute Gasteiger partial charge is 0.376 e. The number of anilines is 1. The lowest BCUT2D eigenvalue weighted by molar-refractivity contribution is -0.115. The number of carbonyl (C=O) groups is 2. The first-order valence-electron chi connectivity index (χ1n) is 11.5. The van der Waals surface area contributed by atoms with Crippen molar-refractivity contribution in [3.05, 3.63) is 41.2 Å². The Balaban J connectivity index is 1.72. The maximum atomic E-state index is 12.9. The van der Waals surface area contributed by atoms with E-state index in [1.54, 1.807) is 19.1 Å². The van der Waals surface area contributed by atoms with Gasteiger partial charge in [-0.1, -0.05) is 6.92 Å². The van der Waals surface area contributed by atoms with Crippen LogP contribution in [0.4, 0.5) is 5.69 Å². The molecule has 0 spiro atoms. The zero-order valence-corrected chi connectivity index (χ0v) is 19.4. The number of nitrogens with two attached hydrogens (primary N) is 1. The van der Waals surface area contributed by atoms with E-state index in [4.69, 9.17) is 11.1 Å². The average molecular weight is 441 g/mol. The SMILES string of the molecule is CC(=N)/C(NC(=O)c1ccc(N2CCN(C)CC2)cc1)=C(\N[C@H]1CC[C@@H](C)CC1)C(N)=O. The molecule has 174 valence electrons. The van der Waals surface area contributed by atoms with Crippen LogP contribution >= 0.6 is 0 Å². The van der Waals surface area contributed by atoms with Gasteiger partial charge >= 0.3 is 0 Å². The summed E-state index contributed by atoms with van der Waals surface area (Å²) in [5.74, 6) is -0.364. The van der Waals surface area contributed by atoms with Crippen LogP contribution in [0.5, 0.6) is 0 Å². The summed E-state index contributed by atoms with van der Waals surface area (Å²) >= 11 is 0. The monoisotopic (exact) mass is 440 g/mol. The molecule has 2 amide bonds. The molecule has 2 fully saturated rings. The molecule has 0 unspecified atom stereocenters. The summed E-state index contributed by atoms with van der Waals surface area (Å²) in [5, 5.41) is 14.1. The third kappa shape index (κ3) is 6.09. The Hall–Kier alpha value is -2.87. The number of carbonyl (C=O) groups excluding carboxylic acids is 2. The number of amides is 2. The summed E-state index contributed by atoms with van der Waals surface area (Å²) < 4.78 is 0. The van der Waals surface area contributed by atoms with Crippen LogP contribution < -0.4 is 21.3 Å². The van der Waals surface area contributed by atoms with E-state index in [1.807, 2.05) is 12.1 Å². The molecule has 1 aliphatic heterocycles. The second-order valence-corrected chi connectivity index (χ2v) is 9.13. The fraction of sp³-hybridized carbons (Fsp3) is 0.542. The van der Waals surface area contributed by atoms with Crippen LogP contribution in [0.25, 0.3) is 0 Å². The minimum Gasteiger partial charge on any atom is -0.376 e. The molecule has 1 aliphatic carbocycles. The quantitative estimate of drug-likeness (QED) is 0.383. The van der Waals surface area contributed by atoms with Crippen LogP contribution in [0.2, 0.25) is 0 Å². The molecule has 8 nitrogen and oxygen atoms in total. The first-order chi connectivity index (χ1) is 15.2. The zero-order chi connectivity index (χ0) is 23.3. The molecule has 0 aromatic heterocycles. The van der Waals surface area contributed by atoms with Gasteiger partial charge < -0.3 is 31.6 Å². The first-order valence-corrected chi connectivity index (χ1v) is 11.5. The van der Waals surface area contributed by atoms with Gasteiger partial charge in [0.15, 0.2) is 0 Å². The molecule has 8 heteroatoms. The fourth-order valence-electron chi connectivity index (χ4n) is 4.29. The first kappa shape index (κ1) is 23.8. The summed E-state index contributed by atoms with van der Waals surface area (Å²) in [5.41, 5.74) is 7.52. The third-order valence-electron chi connectivity index (χ3n) is 6.47. The van der Waals surface area contributed by atoms with E-state index in [0.29, 0.717) is 11.5 Å². The molecular formula is C24H36N6O2. The number of piperazine rings is 1. The predicted octanol–water partition coefficient (Wildman–Crippen LogP) is 2.07. The van der Waals surface area contributed by atoms with E-state index in [0.717, 1.165) is 57.5 Å². The maximum Gasteiger partial charge on any atom is 0.267 e. The number of hydrogen-bond donors (Lipinski definition) is 4. The maximum absolute atomic E-state index is 12.9. The van der Waals surface area contributed by atoms with Crippen molar-refractivity contribution in [2.75, 3.05) is 38.1 Å². The highest BCUT2D eigenvalue weighted by Crippen LogP contribution is 2.24. The number of likely N-dealkylation sites (N-methyl/N-ethyl adjacent to an activating group) is 1. The van der Waals surface area contributed by atoms with Gasteiger partial charge in [0, 0.05) is 43.5 Å². The van der Waals surface area contributed by atoms with E-state index in [9.17, 15) is 9.59 Å². The summed E-state index contributed by atoms with van der Waals surface area (Å²) in [6.07, 6.45) is 4.03. The van der Waals surface area contributed by atoms with Crippen molar-refractivity contribution in [1.29, 1.82) is 5.41 Å². The van der Waals surface area contributed by atoms with Gasteiger partial charge in [-0.05, 0) is 69.8 Å². The minimum absolute atomic E-state index is 0.0814. The van der Waals surface area contributed by atoms with Crippen molar-refractivity contribution in [1.82, 2.24) is 15.5 Å². The number of hydrogen-bond acceptors (Lipinski definition) is 6. The van der Waals surface area contributed by atoms with Crippen molar-refractivity contribution in [2.24, 2.45) is 11.7 Å². The van der Waals surface area contributed by atoms with Crippen LogP contribution in [-0.2, 0) is 4.79 Å². The van der Waals surface area contributed by atoms with E-state index >= 15 is 0 Å². The summed E-state index contributed by atoms with van der Waals surface area (Å²) in [7, 11) is 2.12. The number of rotatable bonds is 7. The summed E-state index contributed by atoms with van der Waals surface area (Å²) in [6, 6.07) is 7.55. The summed E-state index contributed by atoms with van der Waals surface area (Å²) in [4.78, 5) is 29.7. The van der Waals surface area contributed by atoms with Crippen molar-refractivity contribution in [3.63, 3.8) is 0 Å². The molecule has 0 bridgehead atoms. The average Bonchev–Trinajstić information content (AvgIpc) is 2.77. The fourth-order valence-corrected chi connectivity index (χ4v) is 4.29. The number of allylic oxidation sites excluding steroid dienone is 1. The van der Waals surface area contributed by atoms with Gasteiger partial charge in [-0.3, -0.25) is 9.59 Å². The van der Waals surface area contributed by atoms with Crippen LogP contribution in [0.15, 0.2) is 35.7 Å². The zero-order valence-electron chi connectivity index (χ0n) is 19.4. The Labute approximate surface area is 190 Å². The van der Waals surface area contributed by atoms with Gasteiger partial charge in [0.1, 0.15) is 5.70 Å². The molecule has 0 atom stereocenters. The molecule has 1 aromatic carbocycles. The van der Waals surface area contributed by atoms with Crippen LogP contribution in [0.3, 0.4) is 0 Å². The molecular weight excluding hydrogens is 404 g/mol. The number of nitrogens with zero attached hydrogens (tertiary/aromatic N) is 2. The molecule has 5 N–H and O–H groups in total. The highest BCUT2D eigenvalue weighted by atomic mass is 16.2. The van der Waals surface area contributed by atoms with Crippen molar-refractivity contribution in [3.8, 4) is 0 Å². The van der Waals surface area contributed by atoms with Crippen LogP contribution in [-0.4, -0.2) is 61.7 Å². The van der Waals surface area contributed by atoms with E-state index in [1.165, 1.54) is 0 Å². The van der Waals surface area contributed by atoms with Gasteiger partial charge in [-0.25, -0.2) is 0 Å². The van der Waals surface area contributed by atoms with E-state index in [-0.39, 0.29) is 29.1 Å². The molecule has 0 radical (unpaired) electrons. The van der Waals surface area contributed by atoms with Gasteiger partial charge in [-0.15, -0.1) is 0 Å². The Bertz CT molecular complexity index is 863. The molecule has 1 saturated carbocycles. The van der Waals surface area contributed by atoms with Crippen molar-refractivity contribution >= 4 is 23.2 Å². The van der Waals surface area contributed by atoms with Crippen LogP contribution in [0, 0.1) is 11.3 Å². The Morgan fingerprint density at radius 3 is 2.12 bits per heavy atom. The number of benzene rings is 1. The molecule has 32 heavy (non-hydrogen) atoms. The molecule has 1 heterocycles. The van der Waals surface area contributed by atoms with Crippen molar-refractivity contribution in [2.45, 2.75) is 45.6 Å². The third-order valence-corrected chi connectivity index (χ3v) is 6.47. The van der Waals surface area contributed by atoms with Gasteiger partial charge in [0.25, 0.3) is 11.8 Å². The molecule has 3 rings (SSSR count). The molecule has 1 aromatic rings. The Kier molecular flexibility index (Phi) is 7.90. The second kappa shape index (κ2) is 10.6. The molecule has 1 saturated heterocycles. The smallest absolute Gasteiger partial charge is 0.267 e. The lowest BCUT2D eigenvalue weighted by atomic mass is 9.87. The highest BCUT2D eigenvalue weighted by Gasteiger charge is 2.24. The second-order valence-electron chi connectivity index (χ2n) is 9.13. The lowest BCUT2D eigenvalue weighted by Gasteiger charge is -2.34. The van der Waals surface area contributed by atoms with E-state index in [2.05, 4.69) is 34.4 Å². The standard InChI is InChI=1S/C24H36N6O2/c1-16-4-8-19(9-5-16)27-22(23(26)31)21(17(2)25)28-24(32)18-6-10-20(11-7-18)30-14-12-29(3)13-15-30/h6-7,10-11,16,19,25,27H,4-5,8-9,12-15H2,1-3H3,(H2,26,31)(H,28,32)/b22-21+,25-17?/t16-,19+. The minimum atomic E-state index is -0.670. The highest BCUT2D eigenvalue weighted by molar-refractivity contribution is 6.09. The van der Waals surface area contributed by atoms with Gasteiger partial charge in [-0.2, -0.15) is 0 Å². The predicted molar refractivity (Wildman–Crippen MR) is 128 cm³/mol. The lowest BCUT2D eigenvalue weighted by Crippen LogP contribution is -2.44. The molecule has 2 aliphatic rings. The summed E-state index contributed by atoms with van der Waals surface area (Å²) in [6.45, 7) is 7.70. The number of nitrogens with one attached hydrogen (secondary N) is 3. The van der Waals surface area contributed by atoms with Gasteiger partial charge in [0.05, 0.1) is 11.4 Å². The van der Waals surface area contributed by atoms with Crippen LogP contribution in [0.1, 0.15) is 49.9 Å². The number of primary amides is 1. The Morgan fingerprint density at radius 1 is 1.00 bits per heavy atom. The Morgan fingerprint density at radius 2 is 1.59 bits per heavy atom. The van der Waals surface area contributed by atoms with Gasteiger partial charge in [0.2, 0.25) is 0 Å². The normalized spacial score (nSPS) is 22.7. The van der Waals surface area contributed by atoms with E-state index < -0.39 is 5.91 Å². The topological polar surface area (TPSA) is 115 Å².